The van der Waals surface area contributed by atoms with Crippen LogP contribution in [0.15, 0.2) is 0 Å². The highest BCUT2D eigenvalue weighted by Gasteiger charge is 2.16. The highest BCUT2D eigenvalue weighted by atomic mass is 33.1. The van der Waals surface area contributed by atoms with Crippen LogP contribution in [-0.4, -0.2) is 27.4 Å². The smallest absolute Gasteiger partial charge is 0.317 e. The first-order chi connectivity index (χ1) is 5.22. The lowest BCUT2D eigenvalue weighted by atomic mass is 10.2. The van der Waals surface area contributed by atoms with Crippen molar-refractivity contribution in [3.63, 3.8) is 0 Å². The number of hydrogen-bond donors (Lipinski definition) is 2. The van der Waals surface area contributed by atoms with E-state index in [-0.39, 0.29) is 11.2 Å². The highest BCUT2D eigenvalue weighted by molar-refractivity contribution is 8.77. The largest absolute Gasteiger partial charge is 0.480 e. The van der Waals surface area contributed by atoms with Crippen molar-refractivity contribution in [2.24, 2.45) is 0 Å². The van der Waals surface area contributed by atoms with E-state index in [2.05, 4.69) is 0 Å². The number of aliphatic carboxylic acids is 1. The molecule has 0 heterocycles. The van der Waals surface area contributed by atoms with Crippen LogP contribution in [0.5, 0.6) is 0 Å². The van der Waals surface area contributed by atoms with E-state index in [9.17, 15) is 4.79 Å². The van der Waals surface area contributed by atoms with Gasteiger partial charge in [-0.25, -0.2) is 0 Å². The summed E-state index contributed by atoms with van der Waals surface area (Å²) in [6.07, 6.45) is 1.52. The van der Waals surface area contributed by atoms with E-state index in [0.29, 0.717) is 6.42 Å². The Bertz CT molecular complexity index is 118. The number of aliphatic hydroxyl groups excluding tert-OH is 1. The second-order valence-electron chi connectivity index (χ2n) is 1.96. The Kier molecular flexibility index (Phi) is 6.90. The molecule has 0 radical (unpaired) electrons. The van der Waals surface area contributed by atoms with Gasteiger partial charge in [0, 0.05) is 0 Å². The molecule has 0 spiro atoms. The first kappa shape index (κ1) is 11.1. The molecule has 2 N–H and O–H groups in total. The molecule has 0 rings (SSSR count). The zero-order chi connectivity index (χ0) is 8.69. The van der Waals surface area contributed by atoms with Crippen LogP contribution in [0.4, 0.5) is 0 Å². The molecule has 66 valence electrons. The molecule has 1 unspecified atom stereocenters. The molecule has 5 heteroatoms. The second kappa shape index (κ2) is 6.82. The van der Waals surface area contributed by atoms with Crippen molar-refractivity contribution >= 4 is 27.6 Å². The maximum Gasteiger partial charge on any atom is 0.317 e. The SMILES string of the molecule is CCCC(SSCO)C(=O)O. The van der Waals surface area contributed by atoms with Gasteiger partial charge in [0.1, 0.15) is 5.25 Å². The predicted molar refractivity (Wildman–Crippen MR) is 48.6 cm³/mol. The van der Waals surface area contributed by atoms with Crippen LogP contribution in [0.1, 0.15) is 19.8 Å². The molecule has 0 bridgehead atoms. The van der Waals surface area contributed by atoms with E-state index in [1.165, 1.54) is 21.6 Å². The molecule has 0 aliphatic heterocycles. The lowest BCUT2D eigenvalue weighted by Crippen LogP contribution is -2.14. The van der Waals surface area contributed by atoms with Gasteiger partial charge in [0.25, 0.3) is 0 Å². The van der Waals surface area contributed by atoms with E-state index in [1.807, 2.05) is 6.92 Å². The molecule has 0 fully saturated rings. The number of carboxylic acid groups (broad SMARTS) is 1. The Balaban J connectivity index is 3.60. The van der Waals surface area contributed by atoms with Crippen molar-refractivity contribution in [2.45, 2.75) is 25.0 Å². The molecule has 3 nitrogen and oxygen atoms in total. The molecule has 0 aromatic carbocycles. The Morgan fingerprint density at radius 1 is 1.64 bits per heavy atom. The summed E-state index contributed by atoms with van der Waals surface area (Å²) >= 11 is 0. The van der Waals surface area contributed by atoms with E-state index in [0.717, 1.165) is 6.42 Å². The van der Waals surface area contributed by atoms with Crippen LogP contribution in [0.3, 0.4) is 0 Å². The second-order valence-corrected chi connectivity index (χ2v) is 4.50. The summed E-state index contributed by atoms with van der Waals surface area (Å²) in [5.41, 5.74) is 0. The summed E-state index contributed by atoms with van der Waals surface area (Å²) in [4.78, 5) is 10.5. The molecule has 0 saturated carbocycles. The topological polar surface area (TPSA) is 57.5 Å². The van der Waals surface area contributed by atoms with Gasteiger partial charge in [-0.15, -0.1) is 0 Å². The highest BCUT2D eigenvalue weighted by Crippen LogP contribution is 2.28. The third kappa shape index (κ3) is 5.41. The number of rotatable bonds is 6. The van der Waals surface area contributed by atoms with Crippen LogP contribution in [0.2, 0.25) is 0 Å². The zero-order valence-corrected chi connectivity index (χ0v) is 7.95. The lowest BCUT2D eigenvalue weighted by molar-refractivity contribution is -0.136. The van der Waals surface area contributed by atoms with Crippen LogP contribution in [0.25, 0.3) is 0 Å². The van der Waals surface area contributed by atoms with Gasteiger partial charge in [-0.1, -0.05) is 34.9 Å². The minimum absolute atomic E-state index is 0.0296. The Hall–Kier alpha value is 0.130. The fourth-order valence-corrected chi connectivity index (χ4v) is 2.44. The molecule has 0 aliphatic rings. The van der Waals surface area contributed by atoms with Crippen molar-refractivity contribution in [2.75, 3.05) is 5.94 Å². The van der Waals surface area contributed by atoms with Crippen LogP contribution >= 0.6 is 21.6 Å². The molecule has 0 amide bonds. The van der Waals surface area contributed by atoms with Gasteiger partial charge in [-0.2, -0.15) is 0 Å². The molecule has 0 saturated heterocycles. The van der Waals surface area contributed by atoms with Crippen molar-refractivity contribution in [3.8, 4) is 0 Å². The number of hydrogen-bond acceptors (Lipinski definition) is 4. The van der Waals surface area contributed by atoms with Gasteiger partial charge < -0.3 is 10.2 Å². The van der Waals surface area contributed by atoms with Crippen LogP contribution in [-0.2, 0) is 4.79 Å². The van der Waals surface area contributed by atoms with Gasteiger partial charge in [0.15, 0.2) is 0 Å². The fraction of sp³-hybridized carbons (Fsp3) is 0.833. The molecule has 1 atom stereocenters. The molecule has 0 aromatic heterocycles. The summed E-state index contributed by atoms with van der Waals surface area (Å²) in [7, 11) is 2.40. The number of carbonyl (C=O) groups is 1. The summed E-state index contributed by atoms with van der Waals surface area (Å²) in [6.45, 7) is 1.94. The minimum atomic E-state index is -0.794. The maximum absolute atomic E-state index is 10.5. The van der Waals surface area contributed by atoms with Gasteiger partial charge in [-0.3, -0.25) is 4.79 Å². The minimum Gasteiger partial charge on any atom is -0.480 e. The molecular weight excluding hydrogens is 184 g/mol. The van der Waals surface area contributed by atoms with Crippen molar-refractivity contribution in [1.29, 1.82) is 0 Å². The van der Waals surface area contributed by atoms with Crippen LogP contribution in [0, 0.1) is 0 Å². The van der Waals surface area contributed by atoms with Gasteiger partial charge in [0.05, 0.1) is 5.94 Å². The third-order valence-electron chi connectivity index (χ3n) is 1.06. The standard InChI is InChI=1S/C6H12O3S2/c1-2-3-5(6(8)9)11-10-4-7/h5,7H,2-4H2,1H3,(H,8,9). The molecule has 0 aliphatic carbocycles. The number of carboxylic acids is 1. The van der Waals surface area contributed by atoms with E-state index in [1.54, 1.807) is 0 Å². The average molecular weight is 196 g/mol. The van der Waals surface area contributed by atoms with Crippen molar-refractivity contribution in [3.05, 3.63) is 0 Å². The first-order valence-electron chi connectivity index (χ1n) is 3.34. The van der Waals surface area contributed by atoms with E-state index in [4.69, 9.17) is 10.2 Å². The molecule has 11 heavy (non-hydrogen) atoms. The zero-order valence-electron chi connectivity index (χ0n) is 6.32. The first-order valence-corrected chi connectivity index (χ1v) is 5.72. The Morgan fingerprint density at radius 2 is 2.27 bits per heavy atom. The summed E-state index contributed by atoms with van der Waals surface area (Å²) in [5, 5.41) is 16.7. The lowest BCUT2D eigenvalue weighted by Gasteiger charge is -2.07. The molecular formula is C6H12O3S2. The number of aliphatic hydroxyl groups is 1. The van der Waals surface area contributed by atoms with E-state index < -0.39 is 5.97 Å². The van der Waals surface area contributed by atoms with Gasteiger partial charge in [-0.05, 0) is 6.42 Å². The summed E-state index contributed by atoms with van der Waals surface area (Å²) in [5.74, 6) is -0.823. The quantitative estimate of drug-likeness (QED) is 0.499. The maximum atomic E-state index is 10.5. The van der Waals surface area contributed by atoms with Crippen LogP contribution < -0.4 is 0 Å². The van der Waals surface area contributed by atoms with E-state index >= 15 is 0 Å². The monoisotopic (exact) mass is 196 g/mol. The van der Waals surface area contributed by atoms with Crippen molar-refractivity contribution in [1.82, 2.24) is 0 Å². The summed E-state index contributed by atoms with van der Waals surface area (Å²) in [6, 6.07) is 0. The van der Waals surface area contributed by atoms with Crippen molar-refractivity contribution < 1.29 is 15.0 Å². The Labute approximate surface area is 74.0 Å². The summed E-state index contributed by atoms with van der Waals surface area (Å²) < 4.78 is 0. The average Bonchev–Trinajstić information content (AvgIpc) is 1.97. The van der Waals surface area contributed by atoms with Gasteiger partial charge in [0.2, 0.25) is 0 Å². The predicted octanol–water partition coefficient (Wildman–Crippen LogP) is 1.57. The fourth-order valence-electron chi connectivity index (χ4n) is 0.587. The Morgan fingerprint density at radius 3 is 2.64 bits per heavy atom. The molecule has 0 aromatic rings. The normalized spacial score (nSPS) is 12.9. The third-order valence-corrected chi connectivity index (χ3v) is 3.40. The van der Waals surface area contributed by atoms with Gasteiger partial charge >= 0.3 is 5.97 Å².